The number of nitrogens with zero attached hydrogens (tertiary/aromatic N) is 1. The van der Waals surface area contributed by atoms with E-state index in [-0.39, 0.29) is 11.9 Å². The average molecular weight is 278 g/mol. The van der Waals surface area contributed by atoms with Gasteiger partial charge in [-0.1, -0.05) is 6.92 Å². The summed E-state index contributed by atoms with van der Waals surface area (Å²) in [5.74, 6) is 1.07. The summed E-state index contributed by atoms with van der Waals surface area (Å²) in [5.41, 5.74) is 0.382. The van der Waals surface area contributed by atoms with Crippen molar-refractivity contribution >= 4 is 0 Å². The van der Waals surface area contributed by atoms with Crippen molar-refractivity contribution in [2.75, 3.05) is 13.7 Å². The van der Waals surface area contributed by atoms with Crippen molar-refractivity contribution in [2.24, 2.45) is 0 Å². The molecule has 0 radical (unpaired) electrons. The van der Waals surface area contributed by atoms with E-state index in [0.29, 0.717) is 23.0 Å². The molecule has 1 heterocycles. The van der Waals surface area contributed by atoms with Crippen molar-refractivity contribution in [2.45, 2.75) is 26.3 Å². The predicted octanol–water partition coefficient (Wildman–Crippen LogP) is 3.55. The van der Waals surface area contributed by atoms with Crippen LogP contribution >= 0.6 is 0 Å². The molecule has 4 nitrogen and oxygen atoms in total. The quantitative estimate of drug-likeness (QED) is 0.877. The molecule has 20 heavy (non-hydrogen) atoms. The van der Waals surface area contributed by atoms with Crippen molar-refractivity contribution in [3.05, 3.63) is 36.1 Å². The number of benzene rings is 1. The van der Waals surface area contributed by atoms with Gasteiger partial charge in [0.2, 0.25) is 5.89 Å². The van der Waals surface area contributed by atoms with Gasteiger partial charge in [-0.3, -0.25) is 0 Å². The molecule has 0 saturated carbocycles. The van der Waals surface area contributed by atoms with Gasteiger partial charge in [-0.15, -0.1) is 0 Å². The third-order valence-corrected chi connectivity index (χ3v) is 3.04. The molecule has 0 amide bonds. The Morgan fingerprint density at radius 3 is 2.90 bits per heavy atom. The summed E-state index contributed by atoms with van der Waals surface area (Å²) in [6, 6.07) is 4.66. The molecule has 108 valence electrons. The fraction of sp³-hybridized carbons (Fsp3) is 0.400. The van der Waals surface area contributed by atoms with Crippen molar-refractivity contribution in [3.8, 4) is 17.1 Å². The number of rotatable bonds is 6. The maximum Gasteiger partial charge on any atom is 0.211 e. The highest BCUT2D eigenvalue weighted by Crippen LogP contribution is 2.28. The lowest BCUT2D eigenvalue weighted by Gasteiger charge is -2.08. The van der Waals surface area contributed by atoms with Gasteiger partial charge in [0.25, 0.3) is 0 Å². The highest BCUT2D eigenvalue weighted by molar-refractivity contribution is 5.58. The fourth-order valence-corrected chi connectivity index (χ4v) is 1.88. The Kier molecular flexibility index (Phi) is 4.74. The summed E-state index contributed by atoms with van der Waals surface area (Å²) < 4.78 is 24.6. The van der Waals surface area contributed by atoms with E-state index in [9.17, 15) is 4.39 Å². The molecule has 0 bridgehead atoms. The molecule has 0 spiro atoms. The second-order valence-corrected chi connectivity index (χ2v) is 4.58. The minimum absolute atomic E-state index is 0.00464. The van der Waals surface area contributed by atoms with E-state index in [1.807, 2.05) is 6.92 Å². The van der Waals surface area contributed by atoms with Crippen LogP contribution in [0, 0.1) is 5.82 Å². The zero-order valence-electron chi connectivity index (χ0n) is 11.9. The van der Waals surface area contributed by atoms with Gasteiger partial charge in [0.15, 0.2) is 5.76 Å². The summed E-state index contributed by atoms with van der Waals surface area (Å²) in [5, 5.41) is 3.28. The van der Waals surface area contributed by atoms with Crippen LogP contribution in [-0.4, -0.2) is 18.6 Å². The van der Waals surface area contributed by atoms with Gasteiger partial charge in [0, 0.05) is 6.07 Å². The maximum atomic E-state index is 14.0. The molecule has 2 rings (SSSR count). The molecule has 1 unspecified atom stereocenters. The first kappa shape index (κ1) is 14.5. The first-order valence-corrected chi connectivity index (χ1v) is 6.68. The summed E-state index contributed by atoms with van der Waals surface area (Å²) in [6.07, 6.45) is 2.58. The first-order chi connectivity index (χ1) is 9.65. The van der Waals surface area contributed by atoms with Crippen molar-refractivity contribution in [1.82, 2.24) is 10.3 Å². The van der Waals surface area contributed by atoms with Gasteiger partial charge in [-0.05, 0) is 32.0 Å². The van der Waals surface area contributed by atoms with Crippen LogP contribution in [-0.2, 0) is 0 Å². The van der Waals surface area contributed by atoms with Gasteiger partial charge < -0.3 is 14.5 Å². The Bertz CT molecular complexity index is 569. The maximum absolute atomic E-state index is 14.0. The SMILES string of the molecule is CCCNC(C)c1ncc(-c2ccc(OC)cc2F)o1. The third kappa shape index (κ3) is 3.17. The van der Waals surface area contributed by atoms with Crippen LogP contribution in [0.3, 0.4) is 0 Å². The molecule has 1 N–H and O–H groups in total. The fourth-order valence-electron chi connectivity index (χ4n) is 1.88. The van der Waals surface area contributed by atoms with Crippen molar-refractivity contribution in [3.63, 3.8) is 0 Å². The van der Waals surface area contributed by atoms with Gasteiger partial charge in [-0.25, -0.2) is 9.37 Å². The molecule has 0 aliphatic heterocycles. The van der Waals surface area contributed by atoms with Crippen LogP contribution in [0.4, 0.5) is 4.39 Å². The minimum Gasteiger partial charge on any atom is -0.497 e. The van der Waals surface area contributed by atoms with E-state index in [1.165, 1.54) is 13.2 Å². The molecule has 1 aromatic heterocycles. The lowest BCUT2D eigenvalue weighted by Crippen LogP contribution is -2.19. The number of hydrogen-bond donors (Lipinski definition) is 1. The lowest BCUT2D eigenvalue weighted by molar-refractivity contribution is 0.410. The van der Waals surface area contributed by atoms with Crippen LogP contribution < -0.4 is 10.1 Å². The zero-order chi connectivity index (χ0) is 14.5. The Morgan fingerprint density at radius 2 is 2.25 bits per heavy atom. The van der Waals surface area contributed by atoms with E-state index in [1.54, 1.807) is 18.3 Å². The number of ether oxygens (including phenoxy) is 1. The predicted molar refractivity (Wildman–Crippen MR) is 75.2 cm³/mol. The van der Waals surface area contributed by atoms with Crippen LogP contribution in [0.2, 0.25) is 0 Å². The smallest absolute Gasteiger partial charge is 0.211 e. The second kappa shape index (κ2) is 6.52. The molecule has 0 saturated heterocycles. The molecule has 5 heteroatoms. The normalized spacial score (nSPS) is 12.4. The number of hydrogen-bond acceptors (Lipinski definition) is 4. The van der Waals surface area contributed by atoms with Gasteiger partial charge in [0.1, 0.15) is 11.6 Å². The molecule has 2 aromatic rings. The number of oxazole rings is 1. The van der Waals surface area contributed by atoms with E-state index in [0.717, 1.165) is 13.0 Å². The third-order valence-electron chi connectivity index (χ3n) is 3.04. The van der Waals surface area contributed by atoms with Crippen molar-refractivity contribution in [1.29, 1.82) is 0 Å². The monoisotopic (exact) mass is 278 g/mol. The van der Waals surface area contributed by atoms with Crippen LogP contribution in [0.25, 0.3) is 11.3 Å². The number of methoxy groups -OCH3 is 1. The molecule has 1 atom stereocenters. The standard InChI is InChI=1S/C15H19FN2O2/c1-4-7-17-10(2)15-18-9-14(20-15)12-6-5-11(19-3)8-13(12)16/h5-6,8-10,17H,4,7H2,1-3H3. The second-order valence-electron chi connectivity index (χ2n) is 4.58. The van der Waals surface area contributed by atoms with E-state index >= 15 is 0 Å². The highest BCUT2D eigenvalue weighted by atomic mass is 19.1. The lowest BCUT2D eigenvalue weighted by atomic mass is 10.1. The molecule has 0 aliphatic rings. The number of nitrogens with one attached hydrogen (secondary N) is 1. The molecule has 0 fully saturated rings. The van der Waals surface area contributed by atoms with Gasteiger partial charge in [-0.2, -0.15) is 0 Å². The summed E-state index contributed by atoms with van der Waals surface area (Å²) in [7, 11) is 1.50. The molecule has 1 aromatic carbocycles. The zero-order valence-corrected chi connectivity index (χ0v) is 11.9. The van der Waals surface area contributed by atoms with Crippen molar-refractivity contribution < 1.29 is 13.5 Å². The Labute approximate surface area is 118 Å². The first-order valence-electron chi connectivity index (χ1n) is 6.68. The topological polar surface area (TPSA) is 47.3 Å². The Balaban J connectivity index is 2.20. The summed E-state index contributed by atoms with van der Waals surface area (Å²) in [6.45, 7) is 4.94. The Hall–Kier alpha value is -1.88. The van der Waals surface area contributed by atoms with Crippen LogP contribution in [0.1, 0.15) is 32.2 Å². The summed E-state index contributed by atoms with van der Waals surface area (Å²) >= 11 is 0. The minimum atomic E-state index is -0.388. The van der Waals surface area contributed by atoms with Gasteiger partial charge >= 0.3 is 0 Å². The van der Waals surface area contributed by atoms with E-state index < -0.39 is 0 Å². The number of halogens is 1. The molecule has 0 aliphatic carbocycles. The van der Waals surface area contributed by atoms with Gasteiger partial charge in [0.05, 0.1) is 24.9 Å². The number of aromatic nitrogens is 1. The van der Waals surface area contributed by atoms with Crippen LogP contribution in [0.5, 0.6) is 5.75 Å². The molecular formula is C15H19FN2O2. The van der Waals surface area contributed by atoms with E-state index in [2.05, 4.69) is 17.2 Å². The Morgan fingerprint density at radius 1 is 1.45 bits per heavy atom. The average Bonchev–Trinajstić information content (AvgIpc) is 2.94. The molecular weight excluding hydrogens is 259 g/mol. The summed E-state index contributed by atoms with van der Waals surface area (Å²) in [4.78, 5) is 4.20. The van der Waals surface area contributed by atoms with E-state index in [4.69, 9.17) is 9.15 Å². The van der Waals surface area contributed by atoms with Crippen LogP contribution in [0.15, 0.2) is 28.8 Å². The largest absolute Gasteiger partial charge is 0.497 e. The highest BCUT2D eigenvalue weighted by Gasteiger charge is 2.15.